The Balaban J connectivity index is 2.86. The number of hydrogen-bond acceptors (Lipinski definition) is 2. The van der Waals surface area contributed by atoms with Crippen LogP contribution in [0, 0.1) is 17.3 Å². The number of aldehydes is 1. The monoisotopic (exact) mass is 168 g/mol. The second-order valence-electron chi connectivity index (χ2n) is 4.23. The third-order valence-electron chi connectivity index (χ3n) is 3.45. The molecule has 0 aromatic rings. The molecule has 0 amide bonds. The molecule has 0 aromatic heterocycles. The highest BCUT2D eigenvalue weighted by Crippen LogP contribution is 2.41. The maximum Gasteiger partial charge on any atom is 0.133 e. The lowest BCUT2D eigenvalue weighted by atomic mass is 9.63. The number of rotatable bonds is 1. The van der Waals surface area contributed by atoms with Gasteiger partial charge in [-0.05, 0) is 11.8 Å². The van der Waals surface area contributed by atoms with Crippen LogP contribution in [0.15, 0.2) is 0 Å². The summed E-state index contributed by atoms with van der Waals surface area (Å²) in [6.45, 7) is 5.94. The van der Waals surface area contributed by atoms with Crippen molar-refractivity contribution in [2.24, 2.45) is 17.3 Å². The van der Waals surface area contributed by atoms with Gasteiger partial charge in [0.2, 0.25) is 0 Å². The zero-order valence-corrected chi connectivity index (χ0v) is 7.96. The first-order valence-electron chi connectivity index (χ1n) is 4.48. The van der Waals surface area contributed by atoms with E-state index in [4.69, 9.17) is 0 Å². The van der Waals surface area contributed by atoms with Gasteiger partial charge < -0.3 is 4.79 Å². The molecule has 0 heterocycles. The van der Waals surface area contributed by atoms with Gasteiger partial charge in [0.1, 0.15) is 12.1 Å². The Kier molecular flexibility index (Phi) is 2.36. The fourth-order valence-electron chi connectivity index (χ4n) is 1.92. The highest BCUT2D eigenvalue weighted by Gasteiger charge is 2.41. The van der Waals surface area contributed by atoms with Gasteiger partial charge >= 0.3 is 0 Å². The Bertz CT molecular complexity index is 194. The molecule has 1 aliphatic rings. The predicted molar refractivity (Wildman–Crippen MR) is 46.7 cm³/mol. The quantitative estimate of drug-likeness (QED) is 0.560. The molecule has 1 rings (SSSR count). The highest BCUT2D eigenvalue weighted by atomic mass is 16.1. The molecule has 0 spiro atoms. The van der Waals surface area contributed by atoms with Crippen molar-refractivity contribution < 1.29 is 9.59 Å². The average Bonchev–Trinajstić information content (AvgIpc) is 2.00. The first kappa shape index (κ1) is 9.43. The van der Waals surface area contributed by atoms with E-state index in [0.29, 0.717) is 18.6 Å². The van der Waals surface area contributed by atoms with Gasteiger partial charge in [0.15, 0.2) is 0 Å². The van der Waals surface area contributed by atoms with Crippen LogP contribution in [0.3, 0.4) is 0 Å². The van der Waals surface area contributed by atoms with Gasteiger partial charge in [-0.2, -0.15) is 0 Å². The maximum atomic E-state index is 11.2. The fourth-order valence-corrected chi connectivity index (χ4v) is 1.92. The number of ketones is 1. The lowest BCUT2D eigenvalue weighted by Crippen LogP contribution is -2.40. The standard InChI is InChI=1S/C10H16O2/c1-7-4-9(12)5-8(2)10(7,3)6-11/h6-8H,4-5H2,1-3H3. The summed E-state index contributed by atoms with van der Waals surface area (Å²) < 4.78 is 0. The normalized spacial score (nSPS) is 42.8. The van der Waals surface area contributed by atoms with Crippen molar-refractivity contribution in [3.63, 3.8) is 0 Å². The molecule has 0 aromatic carbocycles. The van der Waals surface area contributed by atoms with E-state index in [1.54, 1.807) is 0 Å². The summed E-state index contributed by atoms with van der Waals surface area (Å²) >= 11 is 0. The Morgan fingerprint density at radius 1 is 1.33 bits per heavy atom. The molecule has 0 aliphatic heterocycles. The van der Waals surface area contributed by atoms with Crippen LogP contribution >= 0.6 is 0 Å². The van der Waals surface area contributed by atoms with E-state index < -0.39 is 0 Å². The van der Waals surface area contributed by atoms with E-state index in [-0.39, 0.29) is 17.3 Å². The molecular weight excluding hydrogens is 152 g/mol. The molecule has 2 nitrogen and oxygen atoms in total. The van der Waals surface area contributed by atoms with E-state index in [9.17, 15) is 9.59 Å². The molecule has 1 fully saturated rings. The minimum Gasteiger partial charge on any atom is -0.303 e. The van der Waals surface area contributed by atoms with Gasteiger partial charge in [-0.3, -0.25) is 4.79 Å². The van der Waals surface area contributed by atoms with Crippen molar-refractivity contribution in [3.05, 3.63) is 0 Å². The topological polar surface area (TPSA) is 34.1 Å². The molecule has 2 heteroatoms. The molecule has 0 N–H and O–H groups in total. The van der Waals surface area contributed by atoms with Gasteiger partial charge in [0, 0.05) is 18.3 Å². The largest absolute Gasteiger partial charge is 0.303 e. The van der Waals surface area contributed by atoms with Crippen molar-refractivity contribution in [1.82, 2.24) is 0 Å². The van der Waals surface area contributed by atoms with Crippen molar-refractivity contribution >= 4 is 12.1 Å². The van der Waals surface area contributed by atoms with E-state index >= 15 is 0 Å². The summed E-state index contributed by atoms with van der Waals surface area (Å²) in [6, 6.07) is 0. The van der Waals surface area contributed by atoms with Crippen LogP contribution in [-0.2, 0) is 9.59 Å². The van der Waals surface area contributed by atoms with Crippen molar-refractivity contribution in [2.45, 2.75) is 33.6 Å². The molecule has 2 atom stereocenters. The first-order valence-corrected chi connectivity index (χ1v) is 4.48. The van der Waals surface area contributed by atoms with Gasteiger partial charge in [0.05, 0.1) is 0 Å². The van der Waals surface area contributed by atoms with Crippen molar-refractivity contribution in [2.75, 3.05) is 0 Å². The SMILES string of the molecule is CC1CC(=O)CC(C)C1(C)C=O. The molecule has 0 radical (unpaired) electrons. The van der Waals surface area contributed by atoms with E-state index in [2.05, 4.69) is 0 Å². The maximum absolute atomic E-state index is 11.2. The molecule has 1 aliphatic carbocycles. The summed E-state index contributed by atoms with van der Waals surface area (Å²) in [4.78, 5) is 22.1. The van der Waals surface area contributed by atoms with Crippen molar-refractivity contribution in [1.29, 1.82) is 0 Å². The van der Waals surface area contributed by atoms with Gasteiger partial charge in [-0.15, -0.1) is 0 Å². The molecule has 2 unspecified atom stereocenters. The van der Waals surface area contributed by atoms with Gasteiger partial charge in [-0.25, -0.2) is 0 Å². The zero-order valence-electron chi connectivity index (χ0n) is 7.96. The van der Waals surface area contributed by atoms with E-state index in [0.717, 1.165) is 6.29 Å². The summed E-state index contributed by atoms with van der Waals surface area (Å²) in [6.07, 6.45) is 2.16. The summed E-state index contributed by atoms with van der Waals surface area (Å²) in [5.41, 5.74) is -0.284. The Morgan fingerprint density at radius 2 is 1.75 bits per heavy atom. The van der Waals surface area contributed by atoms with Crippen LogP contribution in [0.2, 0.25) is 0 Å². The summed E-state index contributed by atoms with van der Waals surface area (Å²) in [5, 5.41) is 0. The van der Waals surface area contributed by atoms with Crippen LogP contribution in [0.5, 0.6) is 0 Å². The Morgan fingerprint density at radius 3 is 2.08 bits per heavy atom. The third kappa shape index (κ3) is 1.30. The minimum atomic E-state index is -0.284. The fraction of sp³-hybridized carbons (Fsp3) is 0.800. The van der Waals surface area contributed by atoms with Crippen LogP contribution in [0.4, 0.5) is 0 Å². The summed E-state index contributed by atoms with van der Waals surface area (Å²) in [7, 11) is 0. The molecule has 0 bridgehead atoms. The second-order valence-corrected chi connectivity index (χ2v) is 4.23. The summed E-state index contributed by atoms with van der Waals surface area (Å²) in [5.74, 6) is 0.701. The van der Waals surface area contributed by atoms with Crippen LogP contribution in [-0.4, -0.2) is 12.1 Å². The van der Waals surface area contributed by atoms with Crippen LogP contribution in [0.25, 0.3) is 0 Å². The number of hydrogen-bond donors (Lipinski definition) is 0. The van der Waals surface area contributed by atoms with Crippen LogP contribution < -0.4 is 0 Å². The van der Waals surface area contributed by atoms with Gasteiger partial charge in [-0.1, -0.05) is 20.8 Å². The van der Waals surface area contributed by atoms with Crippen LogP contribution in [0.1, 0.15) is 33.6 Å². The number of Topliss-reactive ketones (excluding diaryl/α,β-unsaturated/α-hetero) is 1. The molecular formula is C10H16O2. The third-order valence-corrected chi connectivity index (χ3v) is 3.45. The number of carbonyl (C=O) groups is 2. The molecule has 12 heavy (non-hydrogen) atoms. The molecule has 1 saturated carbocycles. The minimum absolute atomic E-state index is 0.200. The van der Waals surface area contributed by atoms with Crippen molar-refractivity contribution in [3.8, 4) is 0 Å². The lowest BCUT2D eigenvalue weighted by Gasteiger charge is -2.39. The van der Waals surface area contributed by atoms with E-state index in [1.165, 1.54) is 0 Å². The molecule has 68 valence electrons. The van der Waals surface area contributed by atoms with E-state index in [1.807, 2.05) is 20.8 Å². The average molecular weight is 168 g/mol. The molecule has 0 saturated heterocycles. The lowest BCUT2D eigenvalue weighted by molar-refractivity contribution is -0.133. The smallest absolute Gasteiger partial charge is 0.133 e. The Labute approximate surface area is 73.3 Å². The highest BCUT2D eigenvalue weighted by molar-refractivity contribution is 5.82. The Hall–Kier alpha value is -0.660. The van der Waals surface area contributed by atoms with Gasteiger partial charge in [0.25, 0.3) is 0 Å². The number of carbonyl (C=O) groups excluding carboxylic acids is 2. The first-order chi connectivity index (χ1) is 5.50. The second kappa shape index (κ2) is 3.00. The zero-order chi connectivity index (χ0) is 9.35. The predicted octanol–water partition coefficient (Wildman–Crippen LogP) is 1.83.